The molecule has 2 heteroatoms. The standard InChI is InChI=1S/C12H18N2/c1-9-10(13)4-3-5-11(9)14-8-12(2)6-7-12/h3-5,14H,6-8,13H2,1-2H3. The SMILES string of the molecule is Cc1c(N)cccc1NCC1(C)CC1. The molecule has 1 aromatic carbocycles. The Morgan fingerprint density at radius 1 is 1.43 bits per heavy atom. The normalized spacial score (nSPS) is 17.9. The molecule has 1 aliphatic rings. The first kappa shape index (κ1) is 9.38. The molecule has 0 aromatic heterocycles. The monoisotopic (exact) mass is 190 g/mol. The van der Waals surface area contributed by atoms with Crippen LogP contribution in [0.2, 0.25) is 0 Å². The van der Waals surface area contributed by atoms with Crippen molar-refractivity contribution in [1.82, 2.24) is 0 Å². The summed E-state index contributed by atoms with van der Waals surface area (Å²) in [6.45, 7) is 5.45. The van der Waals surface area contributed by atoms with Crippen LogP contribution in [0.4, 0.5) is 11.4 Å². The van der Waals surface area contributed by atoms with E-state index < -0.39 is 0 Å². The maximum Gasteiger partial charge on any atom is 0.0390 e. The molecule has 0 atom stereocenters. The van der Waals surface area contributed by atoms with E-state index in [9.17, 15) is 0 Å². The highest BCUT2D eigenvalue weighted by atomic mass is 14.9. The first-order valence-corrected chi connectivity index (χ1v) is 5.20. The summed E-state index contributed by atoms with van der Waals surface area (Å²) >= 11 is 0. The van der Waals surface area contributed by atoms with Crippen molar-refractivity contribution < 1.29 is 0 Å². The van der Waals surface area contributed by atoms with Gasteiger partial charge in [0.25, 0.3) is 0 Å². The molecule has 0 saturated heterocycles. The van der Waals surface area contributed by atoms with Gasteiger partial charge in [-0.3, -0.25) is 0 Å². The molecular weight excluding hydrogens is 172 g/mol. The lowest BCUT2D eigenvalue weighted by Gasteiger charge is -2.14. The zero-order valence-electron chi connectivity index (χ0n) is 8.93. The Hall–Kier alpha value is -1.18. The van der Waals surface area contributed by atoms with Gasteiger partial charge in [-0.1, -0.05) is 13.0 Å². The van der Waals surface area contributed by atoms with Gasteiger partial charge in [0, 0.05) is 17.9 Å². The molecule has 0 amide bonds. The molecule has 2 nitrogen and oxygen atoms in total. The Kier molecular flexibility index (Phi) is 2.14. The number of hydrogen-bond acceptors (Lipinski definition) is 2. The minimum absolute atomic E-state index is 0.539. The maximum absolute atomic E-state index is 5.84. The second kappa shape index (κ2) is 3.19. The molecule has 0 radical (unpaired) electrons. The summed E-state index contributed by atoms with van der Waals surface area (Å²) in [6.07, 6.45) is 2.70. The van der Waals surface area contributed by atoms with E-state index in [4.69, 9.17) is 5.73 Å². The molecule has 14 heavy (non-hydrogen) atoms. The van der Waals surface area contributed by atoms with Crippen LogP contribution in [0.3, 0.4) is 0 Å². The molecule has 0 aliphatic heterocycles. The fourth-order valence-corrected chi connectivity index (χ4v) is 1.54. The summed E-state index contributed by atoms with van der Waals surface area (Å²) < 4.78 is 0. The highest BCUT2D eigenvalue weighted by molar-refractivity contribution is 5.62. The summed E-state index contributed by atoms with van der Waals surface area (Å²) in [5.74, 6) is 0. The summed E-state index contributed by atoms with van der Waals surface area (Å²) in [4.78, 5) is 0. The Morgan fingerprint density at radius 3 is 2.79 bits per heavy atom. The zero-order valence-corrected chi connectivity index (χ0v) is 8.93. The lowest BCUT2D eigenvalue weighted by atomic mass is 10.1. The predicted molar refractivity (Wildman–Crippen MR) is 61.4 cm³/mol. The number of nitrogens with two attached hydrogens (primary N) is 1. The summed E-state index contributed by atoms with van der Waals surface area (Å²) in [6, 6.07) is 6.04. The topological polar surface area (TPSA) is 38.0 Å². The zero-order chi connectivity index (χ0) is 10.2. The Bertz CT molecular complexity index is 340. The van der Waals surface area contributed by atoms with E-state index in [-0.39, 0.29) is 0 Å². The summed E-state index contributed by atoms with van der Waals surface area (Å²) in [5, 5.41) is 3.48. The number of nitrogen functional groups attached to an aromatic ring is 1. The number of anilines is 2. The van der Waals surface area contributed by atoms with Crippen molar-refractivity contribution in [2.24, 2.45) is 5.41 Å². The summed E-state index contributed by atoms with van der Waals surface area (Å²) in [7, 11) is 0. The van der Waals surface area contributed by atoms with Gasteiger partial charge < -0.3 is 11.1 Å². The second-order valence-electron chi connectivity index (χ2n) is 4.68. The second-order valence-corrected chi connectivity index (χ2v) is 4.68. The van der Waals surface area contributed by atoms with Crippen LogP contribution in [-0.2, 0) is 0 Å². The highest BCUT2D eigenvalue weighted by Gasteiger charge is 2.36. The van der Waals surface area contributed by atoms with Gasteiger partial charge in [0.1, 0.15) is 0 Å². The molecule has 0 spiro atoms. The van der Waals surface area contributed by atoms with Crippen LogP contribution in [-0.4, -0.2) is 6.54 Å². The van der Waals surface area contributed by atoms with Gasteiger partial charge in [-0.15, -0.1) is 0 Å². The van der Waals surface area contributed by atoms with E-state index in [0.717, 1.165) is 17.8 Å². The van der Waals surface area contributed by atoms with E-state index in [1.807, 2.05) is 12.1 Å². The molecule has 0 unspecified atom stereocenters. The van der Waals surface area contributed by atoms with Gasteiger partial charge in [0.15, 0.2) is 0 Å². The molecule has 2 rings (SSSR count). The molecular formula is C12H18N2. The third-order valence-electron chi connectivity index (χ3n) is 3.18. The average Bonchev–Trinajstić information content (AvgIpc) is 2.88. The van der Waals surface area contributed by atoms with Crippen molar-refractivity contribution in [3.05, 3.63) is 23.8 Å². The van der Waals surface area contributed by atoms with E-state index in [1.54, 1.807) is 0 Å². The molecule has 0 heterocycles. The molecule has 1 fully saturated rings. The van der Waals surface area contributed by atoms with E-state index in [1.165, 1.54) is 18.5 Å². The fraction of sp³-hybridized carbons (Fsp3) is 0.500. The number of hydrogen-bond donors (Lipinski definition) is 2. The summed E-state index contributed by atoms with van der Waals surface area (Å²) in [5.41, 5.74) is 9.59. The van der Waals surface area contributed by atoms with Gasteiger partial charge in [-0.25, -0.2) is 0 Å². The molecule has 1 saturated carbocycles. The maximum atomic E-state index is 5.84. The third kappa shape index (κ3) is 1.84. The quantitative estimate of drug-likeness (QED) is 0.719. The van der Waals surface area contributed by atoms with Crippen molar-refractivity contribution in [1.29, 1.82) is 0 Å². The van der Waals surface area contributed by atoms with Gasteiger partial charge in [-0.05, 0) is 42.9 Å². The van der Waals surface area contributed by atoms with E-state index >= 15 is 0 Å². The Labute approximate surface area is 85.5 Å². The van der Waals surface area contributed by atoms with Crippen molar-refractivity contribution >= 4 is 11.4 Å². The van der Waals surface area contributed by atoms with E-state index in [0.29, 0.717) is 5.41 Å². The third-order valence-corrected chi connectivity index (χ3v) is 3.18. The lowest BCUT2D eigenvalue weighted by molar-refractivity contribution is 0.610. The van der Waals surface area contributed by atoms with Gasteiger partial charge >= 0.3 is 0 Å². The van der Waals surface area contributed by atoms with Gasteiger partial charge in [-0.2, -0.15) is 0 Å². The van der Waals surface area contributed by atoms with Crippen LogP contribution in [0.5, 0.6) is 0 Å². The molecule has 76 valence electrons. The number of rotatable bonds is 3. The van der Waals surface area contributed by atoms with Gasteiger partial charge in [0.05, 0.1) is 0 Å². The number of benzene rings is 1. The largest absolute Gasteiger partial charge is 0.398 e. The molecule has 0 bridgehead atoms. The minimum Gasteiger partial charge on any atom is -0.398 e. The van der Waals surface area contributed by atoms with Crippen molar-refractivity contribution in [2.75, 3.05) is 17.6 Å². The van der Waals surface area contributed by atoms with Crippen molar-refractivity contribution in [2.45, 2.75) is 26.7 Å². The fourth-order valence-electron chi connectivity index (χ4n) is 1.54. The first-order chi connectivity index (χ1) is 6.61. The van der Waals surface area contributed by atoms with Crippen LogP contribution < -0.4 is 11.1 Å². The van der Waals surface area contributed by atoms with Crippen LogP contribution in [0.25, 0.3) is 0 Å². The predicted octanol–water partition coefficient (Wildman–Crippen LogP) is 2.79. The Balaban J connectivity index is 2.05. The Morgan fingerprint density at radius 2 is 2.14 bits per heavy atom. The lowest BCUT2D eigenvalue weighted by Crippen LogP contribution is -2.12. The molecule has 1 aromatic rings. The number of nitrogens with one attached hydrogen (secondary N) is 1. The minimum atomic E-state index is 0.539. The smallest absolute Gasteiger partial charge is 0.0390 e. The van der Waals surface area contributed by atoms with Gasteiger partial charge in [0.2, 0.25) is 0 Å². The van der Waals surface area contributed by atoms with E-state index in [2.05, 4.69) is 25.2 Å². The van der Waals surface area contributed by atoms with Crippen LogP contribution in [0.1, 0.15) is 25.3 Å². The van der Waals surface area contributed by atoms with Crippen LogP contribution in [0, 0.1) is 12.3 Å². The average molecular weight is 190 g/mol. The van der Waals surface area contributed by atoms with Crippen molar-refractivity contribution in [3.63, 3.8) is 0 Å². The first-order valence-electron chi connectivity index (χ1n) is 5.20. The van der Waals surface area contributed by atoms with Crippen molar-refractivity contribution in [3.8, 4) is 0 Å². The van der Waals surface area contributed by atoms with Crippen LogP contribution in [0.15, 0.2) is 18.2 Å². The van der Waals surface area contributed by atoms with Crippen LogP contribution >= 0.6 is 0 Å². The molecule has 1 aliphatic carbocycles. The highest BCUT2D eigenvalue weighted by Crippen LogP contribution is 2.44. The molecule has 3 N–H and O–H groups in total.